The second-order valence-electron chi connectivity index (χ2n) is 24.2. The number of amides is 1. The van der Waals surface area contributed by atoms with Crippen molar-refractivity contribution >= 4 is 29.8 Å². The highest BCUT2D eigenvalue weighted by Crippen LogP contribution is 2.43. The number of fused-ring (bicyclic) bond motifs is 1. The number of nitrogens with zero attached hydrogens (tertiary/aromatic N) is 6. The Labute approximate surface area is 552 Å². The first kappa shape index (κ1) is 71.1. The first-order valence-electron chi connectivity index (χ1n) is 31.6. The Morgan fingerprint density at radius 1 is 0.531 bits per heavy atom. The maximum Gasteiger partial charge on any atom is 0.408 e. The number of hydrogen-bond donors (Lipinski definition) is 3. The Morgan fingerprint density at radius 3 is 1.61 bits per heavy atom. The van der Waals surface area contributed by atoms with Gasteiger partial charge in [0.05, 0.1) is 69.0 Å². The van der Waals surface area contributed by atoms with E-state index in [1.807, 2.05) is 44.2 Å². The number of aliphatic hydroxyl groups excluding tert-OH is 2. The van der Waals surface area contributed by atoms with Crippen molar-refractivity contribution in [2.45, 2.75) is 177 Å². The molecule has 25 atom stereocenters. The van der Waals surface area contributed by atoms with Crippen molar-refractivity contribution < 1.29 is 110 Å². The van der Waals surface area contributed by atoms with Gasteiger partial charge in [-0.2, -0.15) is 0 Å². The number of nitrogens with one attached hydrogen (secondary N) is 1. The number of rotatable bonds is 26. The molecule has 6 aliphatic heterocycles. The van der Waals surface area contributed by atoms with Crippen LogP contribution in [-0.4, -0.2) is 203 Å². The van der Waals surface area contributed by atoms with Gasteiger partial charge in [0, 0.05) is 22.9 Å². The summed E-state index contributed by atoms with van der Waals surface area (Å²) < 4.78 is 102. The van der Waals surface area contributed by atoms with Crippen molar-refractivity contribution in [2.24, 2.45) is 33.9 Å². The molecule has 0 radical (unpaired) electrons. The summed E-state index contributed by atoms with van der Waals surface area (Å²) in [7, 11) is 2.48. The van der Waals surface area contributed by atoms with Gasteiger partial charge in [0.25, 0.3) is 0 Å². The van der Waals surface area contributed by atoms with Gasteiger partial charge < -0.3 is 91.3 Å². The van der Waals surface area contributed by atoms with Crippen molar-refractivity contribution in [3.63, 3.8) is 0 Å². The van der Waals surface area contributed by atoms with Crippen molar-refractivity contribution in [1.29, 1.82) is 0 Å². The minimum atomic E-state index is -1.78. The van der Waals surface area contributed by atoms with E-state index in [0.717, 1.165) is 12.7 Å². The molecule has 0 aliphatic carbocycles. The van der Waals surface area contributed by atoms with Gasteiger partial charge >= 0.3 is 24.0 Å². The molecule has 10 unspecified atom stereocenters. The zero-order valence-electron chi connectivity index (χ0n) is 53.7. The van der Waals surface area contributed by atoms with Gasteiger partial charge in [-0.3, -0.25) is 4.79 Å². The molecule has 6 fully saturated rings. The van der Waals surface area contributed by atoms with Gasteiger partial charge in [0.1, 0.15) is 61.5 Å². The standard InChI is InChI=1S/C66H79N7O23/c1-33-34(2)45(70-72-67)62(86-42(33)28-74)91-49-36(4)50(83-30-38-20-12-8-13-21-38)64(95-56(49)60(79)81-6)93-52-43(29-75)87-63(47-53(52)96-66(80)69-47)94-55-51(37(5)76)92-65(57(89-59(78)41-26-18-11-19-27-41)54(55)84-31-39-22-14-9-15-23-39)90-48-35(3)46(71-73-68)61(82-7)88-44(48)32-85-58(77)40-24-16-10-17-25-40/h8-27,33-36,42-57,61-65,74-75H,28-32H2,1-7H3,(H,69,80)/t33-,34-,35+,36-,42?,43?,44?,45?,46?,47?,48-,49-,50?,51?,52+,53+,54?,55-,56?,57-,61-,62+,63-,64+,65+/m0/s1. The van der Waals surface area contributed by atoms with Crippen LogP contribution in [0.25, 0.3) is 20.9 Å². The normalized spacial score (nSPS) is 35.7. The second kappa shape index (κ2) is 33.0. The molecule has 4 aromatic rings. The maximum absolute atomic E-state index is 14.6. The van der Waals surface area contributed by atoms with E-state index in [1.54, 1.807) is 92.7 Å². The van der Waals surface area contributed by atoms with Gasteiger partial charge in [-0.05, 0) is 71.1 Å². The second-order valence-corrected chi connectivity index (χ2v) is 24.2. The molecular formula is C66H79N7O23. The molecule has 10 rings (SSSR count). The quantitative estimate of drug-likeness (QED) is 0.0208. The number of benzene rings is 4. The lowest BCUT2D eigenvalue weighted by atomic mass is 9.82. The third-order valence-electron chi connectivity index (χ3n) is 18.3. The number of ether oxygens (including phenoxy) is 16. The summed E-state index contributed by atoms with van der Waals surface area (Å²) in [5, 5.41) is 32.5. The molecule has 0 saturated carbocycles. The van der Waals surface area contributed by atoms with Crippen molar-refractivity contribution in [3.05, 3.63) is 164 Å². The molecule has 0 spiro atoms. The number of aliphatic hydroxyl groups is 2. The van der Waals surface area contributed by atoms with Crippen LogP contribution in [0.3, 0.4) is 0 Å². The third kappa shape index (κ3) is 16.1. The van der Waals surface area contributed by atoms with E-state index in [0.29, 0.717) is 5.56 Å². The monoisotopic (exact) mass is 1340 g/mol. The Bertz CT molecular complexity index is 3340. The fourth-order valence-electron chi connectivity index (χ4n) is 12.9. The fourth-order valence-corrected chi connectivity index (χ4v) is 12.9. The first-order valence-corrected chi connectivity index (χ1v) is 31.6. The largest absolute Gasteiger partial charge is 0.467 e. The number of carbonyl (C=O) groups is 5. The highest BCUT2D eigenvalue weighted by molar-refractivity contribution is 5.90. The number of carbonyl (C=O) groups excluding carboxylic acids is 5. The lowest BCUT2D eigenvalue weighted by Crippen LogP contribution is -2.68. The summed E-state index contributed by atoms with van der Waals surface area (Å²) in [5.74, 6) is -5.57. The van der Waals surface area contributed by atoms with E-state index >= 15 is 0 Å². The molecular weight excluding hydrogens is 1260 g/mol. The SMILES string of the molecule is COC(=O)C1O[C@@H](O[C@@H]2C(CO)O[C@@H](O[C@H]3C(C(C)=O)O[C@@H](O[C@@H]4C(COC(=O)c5ccccc5)O[C@H](OC)C(N=[N+]=[N-])[C@H]4C)[C@@H](OC(=O)c4ccccc4)C3OCc3ccccc3)C3NC(=O)O[C@H]32)C(OCc2ccccc2)[C@@H](C)[C@@H]1O[C@H]1OC(CO)[C@@H](C)[C@H](C)C1N=[N+]=[N-]. The van der Waals surface area contributed by atoms with E-state index in [1.165, 1.54) is 26.2 Å². The highest BCUT2D eigenvalue weighted by Gasteiger charge is 2.61. The van der Waals surface area contributed by atoms with Crippen LogP contribution in [-0.2, 0) is 98.6 Å². The summed E-state index contributed by atoms with van der Waals surface area (Å²) in [6, 6.07) is 30.7. The van der Waals surface area contributed by atoms with Gasteiger partial charge in [-0.1, -0.05) is 135 Å². The summed E-state index contributed by atoms with van der Waals surface area (Å²) in [6.07, 6.45) is -26.8. The molecule has 3 N–H and O–H groups in total. The molecule has 0 bridgehead atoms. The Morgan fingerprint density at radius 2 is 1.04 bits per heavy atom. The van der Waals surface area contributed by atoms with Crippen LogP contribution in [0.1, 0.15) is 66.5 Å². The molecule has 96 heavy (non-hydrogen) atoms. The summed E-state index contributed by atoms with van der Waals surface area (Å²) in [6.45, 7) is 6.32. The molecule has 1 amide bonds. The van der Waals surface area contributed by atoms with E-state index in [2.05, 4.69) is 25.4 Å². The Kier molecular flexibility index (Phi) is 24.4. The molecule has 30 heteroatoms. The molecule has 6 aliphatic rings. The van der Waals surface area contributed by atoms with Crippen LogP contribution in [0.5, 0.6) is 0 Å². The van der Waals surface area contributed by atoms with Gasteiger partial charge in [0.15, 0.2) is 55.5 Å². The van der Waals surface area contributed by atoms with E-state index in [9.17, 15) is 45.2 Å². The Balaban J connectivity index is 0.988. The predicted molar refractivity (Wildman–Crippen MR) is 329 cm³/mol. The average Bonchev–Trinajstić information content (AvgIpc) is 1.24. The van der Waals surface area contributed by atoms with Crippen molar-refractivity contribution in [2.75, 3.05) is 34.0 Å². The number of azide groups is 2. The molecule has 30 nitrogen and oxygen atoms in total. The topological polar surface area (TPSA) is 383 Å². The minimum Gasteiger partial charge on any atom is -0.467 e. The number of alkyl carbamates (subject to hydrolysis) is 1. The smallest absolute Gasteiger partial charge is 0.408 e. The van der Waals surface area contributed by atoms with Gasteiger partial charge in [-0.15, -0.1) is 0 Å². The van der Waals surface area contributed by atoms with Crippen LogP contribution in [0.2, 0.25) is 0 Å². The number of hydrogen-bond acceptors (Lipinski definition) is 25. The number of esters is 3. The van der Waals surface area contributed by atoms with Crippen LogP contribution in [0.4, 0.5) is 4.79 Å². The average molecular weight is 1340 g/mol. The highest BCUT2D eigenvalue weighted by atomic mass is 16.8. The third-order valence-corrected chi connectivity index (χ3v) is 18.3. The van der Waals surface area contributed by atoms with Crippen LogP contribution >= 0.6 is 0 Å². The minimum absolute atomic E-state index is 0.0369. The number of methoxy groups -OCH3 is 2. The molecule has 6 heterocycles. The zero-order valence-corrected chi connectivity index (χ0v) is 53.7. The lowest BCUT2D eigenvalue weighted by molar-refractivity contribution is -0.371. The molecule has 516 valence electrons. The summed E-state index contributed by atoms with van der Waals surface area (Å²) in [4.78, 5) is 76.4. The predicted octanol–water partition coefficient (Wildman–Crippen LogP) is 6.18. The Hall–Kier alpha value is -7.71. The lowest BCUT2D eigenvalue weighted by Gasteiger charge is -2.51. The maximum atomic E-state index is 14.6. The summed E-state index contributed by atoms with van der Waals surface area (Å²) >= 11 is 0. The van der Waals surface area contributed by atoms with E-state index in [4.69, 9.17) is 75.8 Å². The zero-order chi connectivity index (χ0) is 68.2. The van der Waals surface area contributed by atoms with Crippen LogP contribution < -0.4 is 5.32 Å². The first-order chi connectivity index (χ1) is 46.5. The number of ketones is 1. The summed E-state index contributed by atoms with van der Waals surface area (Å²) in [5.41, 5.74) is 21.1. The van der Waals surface area contributed by atoms with E-state index < -0.39 is 190 Å². The van der Waals surface area contributed by atoms with Crippen LogP contribution in [0.15, 0.2) is 132 Å². The molecule has 0 aromatic heterocycles. The van der Waals surface area contributed by atoms with E-state index in [-0.39, 0.29) is 36.2 Å². The molecule has 4 aromatic carbocycles. The van der Waals surface area contributed by atoms with Crippen molar-refractivity contribution in [1.82, 2.24) is 5.32 Å². The van der Waals surface area contributed by atoms with Gasteiger partial charge in [0.2, 0.25) is 0 Å². The molecule has 6 saturated heterocycles. The number of Topliss-reactive ketones (excluding diaryl/α,β-unsaturated/α-hetero) is 1. The van der Waals surface area contributed by atoms with Gasteiger partial charge in [-0.25, -0.2) is 19.2 Å². The van der Waals surface area contributed by atoms with Crippen LogP contribution in [0, 0.1) is 23.7 Å². The fraction of sp³-hybridized carbons (Fsp3) is 0.561. The van der Waals surface area contributed by atoms with Crippen molar-refractivity contribution in [3.8, 4) is 0 Å².